The van der Waals surface area contributed by atoms with Crippen LogP contribution in [0, 0.1) is 0 Å². The lowest BCUT2D eigenvalue weighted by Gasteiger charge is -2.30. The van der Waals surface area contributed by atoms with Gasteiger partial charge in [0.1, 0.15) is 0 Å². The fraction of sp³-hybridized carbons (Fsp3) is 0.429. The molecule has 0 aliphatic carbocycles. The van der Waals surface area contributed by atoms with Crippen LogP contribution in [0.15, 0.2) is 42.7 Å². The van der Waals surface area contributed by atoms with Gasteiger partial charge in [-0.3, -0.25) is 9.78 Å². The zero-order valence-corrected chi connectivity index (χ0v) is 15.9. The van der Waals surface area contributed by atoms with Gasteiger partial charge in [0, 0.05) is 32.0 Å². The van der Waals surface area contributed by atoms with Crippen molar-refractivity contribution in [3.8, 4) is 0 Å². The molecule has 27 heavy (non-hydrogen) atoms. The van der Waals surface area contributed by atoms with Gasteiger partial charge in [-0.15, -0.1) is 0 Å². The molecule has 1 fully saturated rings. The van der Waals surface area contributed by atoms with Gasteiger partial charge in [0.15, 0.2) is 0 Å². The summed E-state index contributed by atoms with van der Waals surface area (Å²) in [7, 11) is 0. The fourth-order valence-corrected chi connectivity index (χ4v) is 3.12. The van der Waals surface area contributed by atoms with E-state index in [2.05, 4.69) is 27.4 Å². The molecule has 6 heteroatoms. The van der Waals surface area contributed by atoms with E-state index in [0.717, 1.165) is 43.1 Å². The van der Waals surface area contributed by atoms with Crippen LogP contribution < -0.4 is 15.5 Å². The number of para-hydroxylation sites is 2. The summed E-state index contributed by atoms with van der Waals surface area (Å²) in [5.74, 6) is -0.152. The van der Waals surface area contributed by atoms with E-state index >= 15 is 0 Å². The molecule has 1 aromatic heterocycles. The van der Waals surface area contributed by atoms with Crippen LogP contribution in [0.1, 0.15) is 36.5 Å². The average molecular weight is 368 g/mol. The van der Waals surface area contributed by atoms with Crippen molar-refractivity contribution >= 4 is 23.0 Å². The molecule has 2 heterocycles. The van der Waals surface area contributed by atoms with Gasteiger partial charge in [-0.2, -0.15) is 0 Å². The number of benzene rings is 1. The van der Waals surface area contributed by atoms with E-state index in [9.17, 15) is 4.79 Å². The Hall–Kier alpha value is -2.60. The number of carbonyl (C=O) groups excluding carboxylic acids is 1. The summed E-state index contributed by atoms with van der Waals surface area (Å²) >= 11 is 0. The van der Waals surface area contributed by atoms with Crippen LogP contribution >= 0.6 is 0 Å². The average Bonchev–Trinajstić information content (AvgIpc) is 2.72. The van der Waals surface area contributed by atoms with Crippen molar-refractivity contribution in [3.63, 3.8) is 0 Å². The maximum atomic E-state index is 12.8. The maximum Gasteiger partial charge on any atom is 0.257 e. The molecule has 1 aliphatic heterocycles. The Labute approximate surface area is 160 Å². The molecule has 3 rings (SSSR count). The van der Waals surface area contributed by atoms with Crippen molar-refractivity contribution in [3.05, 3.63) is 48.3 Å². The second-order valence-corrected chi connectivity index (χ2v) is 6.67. The van der Waals surface area contributed by atoms with Crippen molar-refractivity contribution in [2.75, 3.05) is 48.4 Å². The second kappa shape index (κ2) is 9.92. The fourth-order valence-electron chi connectivity index (χ4n) is 3.12. The number of hydrogen-bond donors (Lipinski definition) is 2. The van der Waals surface area contributed by atoms with E-state index in [0.29, 0.717) is 18.8 Å². The van der Waals surface area contributed by atoms with Gasteiger partial charge in [0.2, 0.25) is 0 Å². The quantitative estimate of drug-likeness (QED) is 0.694. The van der Waals surface area contributed by atoms with Gasteiger partial charge in [-0.25, -0.2) is 0 Å². The van der Waals surface area contributed by atoms with Crippen LogP contribution in [0.2, 0.25) is 0 Å². The third-order valence-corrected chi connectivity index (χ3v) is 4.61. The molecule has 0 saturated carbocycles. The molecule has 6 nitrogen and oxygen atoms in total. The number of rotatable bonds is 8. The van der Waals surface area contributed by atoms with Crippen molar-refractivity contribution in [2.24, 2.45) is 0 Å². The summed E-state index contributed by atoms with van der Waals surface area (Å²) in [6, 6.07) is 9.74. The molecule has 0 spiro atoms. The molecule has 0 radical (unpaired) electrons. The van der Waals surface area contributed by atoms with E-state index in [4.69, 9.17) is 4.74 Å². The largest absolute Gasteiger partial charge is 0.384 e. The first kappa shape index (κ1) is 19.2. The van der Waals surface area contributed by atoms with Crippen molar-refractivity contribution in [1.82, 2.24) is 4.98 Å². The highest BCUT2D eigenvalue weighted by Crippen LogP contribution is 2.27. The summed E-state index contributed by atoms with van der Waals surface area (Å²) in [5.41, 5.74) is 3.26. The Balaban J connectivity index is 1.67. The van der Waals surface area contributed by atoms with Crippen LogP contribution in [-0.4, -0.2) is 43.7 Å². The number of morpholine rings is 1. The molecule has 0 bridgehead atoms. The van der Waals surface area contributed by atoms with Gasteiger partial charge >= 0.3 is 0 Å². The lowest BCUT2D eigenvalue weighted by atomic mass is 10.2. The number of nitrogens with zero attached hydrogens (tertiary/aromatic N) is 2. The Morgan fingerprint density at radius 3 is 2.81 bits per heavy atom. The minimum absolute atomic E-state index is 0.152. The lowest BCUT2D eigenvalue weighted by molar-refractivity contribution is 0.102. The minimum atomic E-state index is -0.152. The highest BCUT2D eigenvalue weighted by molar-refractivity contribution is 6.06. The number of ether oxygens (including phenoxy) is 1. The third kappa shape index (κ3) is 5.44. The van der Waals surface area contributed by atoms with E-state index < -0.39 is 0 Å². The van der Waals surface area contributed by atoms with Gasteiger partial charge in [0.05, 0.1) is 35.8 Å². The number of unbranched alkanes of at least 4 members (excludes halogenated alkanes) is 2. The van der Waals surface area contributed by atoms with Crippen molar-refractivity contribution < 1.29 is 9.53 Å². The number of carbonyl (C=O) groups is 1. The normalized spacial score (nSPS) is 14.0. The van der Waals surface area contributed by atoms with Crippen LogP contribution in [0.3, 0.4) is 0 Å². The molecule has 1 amide bonds. The predicted octanol–water partition coefficient (Wildman–Crippen LogP) is 3.77. The second-order valence-electron chi connectivity index (χ2n) is 6.67. The number of hydrogen-bond acceptors (Lipinski definition) is 5. The molecular formula is C21H28N4O2. The summed E-state index contributed by atoms with van der Waals surface area (Å²) in [5, 5.41) is 6.38. The Morgan fingerprint density at radius 1 is 1.19 bits per heavy atom. The van der Waals surface area contributed by atoms with Crippen LogP contribution in [-0.2, 0) is 4.74 Å². The zero-order chi connectivity index (χ0) is 18.9. The van der Waals surface area contributed by atoms with E-state index in [-0.39, 0.29) is 5.91 Å². The molecule has 1 aliphatic rings. The number of pyridine rings is 1. The monoisotopic (exact) mass is 368 g/mol. The molecule has 2 N–H and O–H groups in total. The number of nitrogens with one attached hydrogen (secondary N) is 2. The van der Waals surface area contributed by atoms with E-state index in [1.165, 1.54) is 12.8 Å². The first-order valence-electron chi connectivity index (χ1n) is 9.70. The molecule has 2 aromatic rings. The highest BCUT2D eigenvalue weighted by atomic mass is 16.5. The van der Waals surface area contributed by atoms with Crippen molar-refractivity contribution in [1.29, 1.82) is 0 Å². The first-order chi connectivity index (χ1) is 13.3. The molecular weight excluding hydrogens is 340 g/mol. The van der Waals surface area contributed by atoms with Gasteiger partial charge in [0.25, 0.3) is 5.91 Å². The predicted molar refractivity (Wildman–Crippen MR) is 110 cm³/mol. The van der Waals surface area contributed by atoms with Gasteiger partial charge < -0.3 is 20.3 Å². The Kier molecular flexibility index (Phi) is 7.04. The van der Waals surface area contributed by atoms with Crippen LogP contribution in [0.25, 0.3) is 0 Å². The lowest BCUT2D eigenvalue weighted by Crippen LogP contribution is -2.36. The molecule has 1 aromatic carbocycles. The smallest absolute Gasteiger partial charge is 0.257 e. The highest BCUT2D eigenvalue weighted by Gasteiger charge is 2.16. The summed E-state index contributed by atoms with van der Waals surface area (Å²) in [6.07, 6.45) is 6.85. The Morgan fingerprint density at radius 2 is 2.00 bits per heavy atom. The van der Waals surface area contributed by atoms with Gasteiger partial charge in [-0.05, 0) is 24.6 Å². The molecule has 1 saturated heterocycles. The summed E-state index contributed by atoms with van der Waals surface area (Å²) in [4.78, 5) is 19.2. The van der Waals surface area contributed by atoms with Crippen molar-refractivity contribution in [2.45, 2.75) is 26.2 Å². The number of aromatic nitrogens is 1. The minimum Gasteiger partial charge on any atom is -0.384 e. The standard InChI is InChI=1S/C21H28N4O2/c1-2-3-6-9-23-18-14-17(15-22-16-18)21(26)24-19-7-4-5-8-20(19)25-10-12-27-13-11-25/h4-5,7-8,14-16,23H,2-3,6,9-13H2,1H3,(H,24,26). The van der Waals surface area contributed by atoms with E-state index in [1.807, 2.05) is 30.3 Å². The molecule has 144 valence electrons. The SMILES string of the molecule is CCCCCNc1cncc(C(=O)Nc2ccccc2N2CCOCC2)c1. The topological polar surface area (TPSA) is 66.5 Å². The number of amides is 1. The molecule has 0 atom stereocenters. The molecule has 0 unspecified atom stereocenters. The summed E-state index contributed by atoms with van der Waals surface area (Å²) < 4.78 is 5.43. The zero-order valence-electron chi connectivity index (χ0n) is 15.9. The first-order valence-corrected chi connectivity index (χ1v) is 9.70. The summed E-state index contributed by atoms with van der Waals surface area (Å²) in [6.45, 7) is 6.13. The van der Waals surface area contributed by atoms with Crippen LogP contribution in [0.4, 0.5) is 17.1 Å². The maximum absolute atomic E-state index is 12.8. The van der Waals surface area contributed by atoms with Crippen LogP contribution in [0.5, 0.6) is 0 Å². The van der Waals surface area contributed by atoms with E-state index in [1.54, 1.807) is 12.4 Å². The number of anilines is 3. The van der Waals surface area contributed by atoms with Gasteiger partial charge in [-0.1, -0.05) is 31.9 Å². The Bertz CT molecular complexity index is 744. The third-order valence-electron chi connectivity index (χ3n) is 4.61.